The predicted octanol–water partition coefficient (Wildman–Crippen LogP) is 0.0830. The van der Waals surface area contributed by atoms with Gasteiger partial charge >= 0.3 is 0 Å². The summed E-state index contributed by atoms with van der Waals surface area (Å²) >= 11 is 1.82. The molecule has 1 rings (SSSR count). The van der Waals surface area contributed by atoms with E-state index in [-0.39, 0.29) is 6.23 Å². The molecule has 0 radical (unpaired) electrons. The van der Waals surface area contributed by atoms with Crippen LogP contribution < -0.4 is 5.32 Å². The van der Waals surface area contributed by atoms with Crippen LogP contribution in [-0.2, 0) is 4.74 Å². The van der Waals surface area contributed by atoms with E-state index in [0.29, 0.717) is 0 Å². The minimum absolute atomic E-state index is 0.00894. The maximum absolute atomic E-state index is 8.04. The first-order valence-corrected chi connectivity index (χ1v) is 4.20. The molecule has 1 saturated heterocycles. The van der Waals surface area contributed by atoms with Gasteiger partial charge in [0.25, 0.3) is 0 Å². The molecule has 1 atom stereocenters. The van der Waals surface area contributed by atoms with Crippen molar-refractivity contribution in [1.29, 1.82) is 0 Å². The number of hydrogen-bond acceptors (Lipinski definition) is 4. The standard InChI is InChI=1S/C5H10N2O2S/c8-7-4-6-5-3-10-2-1-9-5/h4-5,8H,1-3H2,(H,6,7). The van der Waals surface area contributed by atoms with Gasteiger partial charge in [-0.2, -0.15) is 11.8 Å². The molecule has 1 aliphatic heterocycles. The molecule has 2 N–H and O–H groups in total. The van der Waals surface area contributed by atoms with Gasteiger partial charge in [-0.15, -0.1) is 0 Å². The number of nitrogens with one attached hydrogen (secondary N) is 1. The molecule has 0 saturated carbocycles. The fourth-order valence-corrected chi connectivity index (χ4v) is 1.49. The Balaban J connectivity index is 2.13. The molecule has 0 bridgehead atoms. The van der Waals surface area contributed by atoms with Crippen LogP contribution in [0.2, 0.25) is 0 Å². The third-order valence-corrected chi connectivity index (χ3v) is 2.13. The normalized spacial score (nSPS) is 27.0. The van der Waals surface area contributed by atoms with Crippen LogP contribution >= 0.6 is 11.8 Å². The van der Waals surface area contributed by atoms with Crippen LogP contribution in [0.15, 0.2) is 5.16 Å². The lowest BCUT2D eigenvalue weighted by molar-refractivity contribution is 0.0660. The Labute approximate surface area is 63.6 Å². The molecule has 58 valence electrons. The molecule has 0 spiro atoms. The Hall–Kier alpha value is -0.420. The number of thioether (sulfide) groups is 1. The van der Waals surface area contributed by atoms with Crippen LogP contribution in [0, 0.1) is 0 Å². The molecule has 4 nitrogen and oxygen atoms in total. The topological polar surface area (TPSA) is 53.9 Å². The van der Waals surface area contributed by atoms with E-state index in [0.717, 1.165) is 18.1 Å². The fraction of sp³-hybridized carbons (Fsp3) is 0.800. The second-order valence-electron chi connectivity index (χ2n) is 1.85. The third-order valence-electron chi connectivity index (χ3n) is 1.13. The Morgan fingerprint density at radius 1 is 1.80 bits per heavy atom. The molecule has 10 heavy (non-hydrogen) atoms. The van der Waals surface area contributed by atoms with Crippen molar-refractivity contribution in [3.05, 3.63) is 0 Å². The molecule has 1 unspecified atom stereocenters. The summed E-state index contributed by atoms with van der Waals surface area (Å²) in [4.78, 5) is 0. The van der Waals surface area contributed by atoms with Crippen molar-refractivity contribution < 1.29 is 9.94 Å². The van der Waals surface area contributed by atoms with E-state index < -0.39 is 0 Å². The van der Waals surface area contributed by atoms with Crippen LogP contribution in [0.4, 0.5) is 0 Å². The Bertz CT molecular complexity index is 114. The van der Waals surface area contributed by atoms with Gasteiger partial charge in [0, 0.05) is 11.5 Å². The van der Waals surface area contributed by atoms with E-state index in [1.54, 1.807) is 0 Å². The van der Waals surface area contributed by atoms with Gasteiger partial charge in [0.1, 0.15) is 12.6 Å². The first kappa shape index (κ1) is 7.68. The molecule has 5 heteroatoms. The number of nitrogens with zero attached hydrogens (tertiary/aromatic N) is 1. The van der Waals surface area contributed by atoms with Gasteiger partial charge in [0.2, 0.25) is 0 Å². The highest BCUT2D eigenvalue weighted by Gasteiger charge is 2.11. The zero-order valence-electron chi connectivity index (χ0n) is 5.49. The lowest BCUT2D eigenvalue weighted by Gasteiger charge is -2.21. The molecule has 0 amide bonds. The second kappa shape index (κ2) is 4.40. The molecule has 1 aliphatic rings. The van der Waals surface area contributed by atoms with Crippen molar-refractivity contribution >= 4 is 18.1 Å². The zero-order chi connectivity index (χ0) is 7.23. The van der Waals surface area contributed by atoms with Crippen molar-refractivity contribution in [3.63, 3.8) is 0 Å². The average Bonchev–Trinajstić information content (AvgIpc) is 2.03. The SMILES string of the molecule is ON=CNC1CSCCO1. The van der Waals surface area contributed by atoms with Crippen molar-refractivity contribution in [3.8, 4) is 0 Å². The summed E-state index contributed by atoms with van der Waals surface area (Å²) in [6.07, 6.45) is 1.24. The molecule has 0 aromatic carbocycles. The van der Waals surface area contributed by atoms with Crippen molar-refractivity contribution in [2.24, 2.45) is 5.16 Å². The summed E-state index contributed by atoms with van der Waals surface area (Å²) in [6, 6.07) is 0. The number of ether oxygens (including phenoxy) is 1. The first-order chi connectivity index (χ1) is 4.93. The Morgan fingerprint density at radius 2 is 2.70 bits per heavy atom. The highest BCUT2D eigenvalue weighted by molar-refractivity contribution is 7.99. The van der Waals surface area contributed by atoms with Gasteiger partial charge in [0.05, 0.1) is 6.61 Å². The summed E-state index contributed by atoms with van der Waals surface area (Å²) in [7, 11) is 0. The monoisotopic (exact) mass is 162 g/mol. The summed E-state index contributed by atoms with van der Waals surface area (Å²) in [5.41, 5.74) is 0. The zero-order valence-corrected chi connectivity index (χ0v) is 6.30. The minimum Gasteiger partial charge on any atom is -0.410 e. The Morgan fingerprint density at radius 3 is 3.30 bits per heavy atom. The third kappa shape index (κ3) is 2.45. The van der Waals surface area contributed by atoms with E-state index >= 15 is 0 Å². The fourth-order valence-electron chi connectivity index (χ4n) is 0.700. The van der Waals surface area contributed by atoms with Gasteiger partial charge in [0.15, 0.2) is 0 Å². The number of oxime groups is 1. The van der Waals surface area contributed by atoms with Crippen molar-refractivity contribution in [2.45, 2.75) is 6.23 Å². The molecule has 1 fully saturated rings. The molecule has 0 aliphatic carbocycles. The maximum atomic E-state index is 8.04. The van der Waals surface area contributed by atoms with Crippen molar-refractivity contribution in [1.82, 2.24) is 5.32 Å². The van der Waals surface area contributed by atoms with Gasteiger partial charge in [-0.25, -0.2) is 0 Å². The molecule has 0 aromatic heterocycles. The van der Waals surface area contributed by atoms with Gasteiger partial charge in [-0.1, -0.05) is 5.16 Å². The van der Waals surface area contributed by atoms with Crippen LogP contribution in [-0.4, -0.2) is 35.9 Å². The minimum atomic E-state index is 0.00894. The summed E-state index contributed by atoms with van der Waals surface area (Å²) < 4.78 is 5.25. The molecule has 1 heterocycles. The lowest BCUT2D eigenvalue weighted by Crippen LogP contribution is -2.36. The van der Waals surface area contributed by atoms with Crippen LogP contribution in [0.5, 0.6) is 0 Å². The van der Waals surface area contributed by atoms with Gasteiger partial charge in [-0.05, 0) is 0 Å². The quantitative estimate of drug-likeness (QED) is 0.261. The van der Waals surface area contributed by atoms with Crippen LogP contribution in [0.25, 0.3) is 0 Å². The molecular weight excluding hydrogens is 152 g/mol. The first-order valence-electron chi connectivity index (χ1n) is 3.05. The highest BCUT2D eigenvalue weighted by atomic mass is 32.2. The smallest absolute Gasteiger partial charge is 0.137 e. The highest BCUT2D eigenvalue weighted by Crippen LogP contribution is 2.09. The maximum Gasteiger partial charge on any atom is 0.137 e. The predicted molar refractivity (Wildman–Crippen MR) is 40.5 cm³/mol. The average molecular weight is 162 g/mol. The second-order valence-corrected chi connectivity index (χ2v) is 3.00. The number of rotatable bonds is 2. The summed E-state index contributed by atoms with van der Waals surface area (Å²) in [5.74, 6) is 1.96. The van der Waals surface area contributed by atoms with Gasteiger partial charge < -0.3 is 15.3 Å². The van der Waals surface area contributed by atoms with E-state index in [4.69, 9.17) is 9.94 Å². The van der Waals surface area contributed by atoms with E-state index in [1.807, 2.05) is 11.8 Å². The van der Waals surface area contributed by atoms with E-state index in [2.05, 4.69) is 10.5 Å². The molecular formula is C5H10N2O2S. The van der Waals surface area contributed by atoms with Crippen LogP contribution in [0.1, 0.15) is 0 Å². The summed E-state index contributed by atoms with van der Waals surface area (Å²) in [6.45, 7) is 0.765. The molecule has 0 aromatic rings. The number of hydrogen-bond donors (Lipinski definition) is 2. The van der Waals surface area contributed by atoms with E-state index in [9.17, 15) is 0 Å². The van der Waals surface area contributed by atoms with Gasteiger partial charge in [-0.3, -0.25) is 0 Å². The summed E-state index contributed by atoms with van der Waals surface area (Å²) in [5, 5.41) is 13.6. The van der Waals surface area contributed by atoms with Crippen molar-refractivity contribution in [2.75, 3.05) is 18.1 Å². The lowest BCUT2D eigenvalue weighted by atomic mass is 10.6. The van der Waals surface area contributed by atoms with Crippen LogP contribution in [0.3, 0.4) is 0 Å². The Kier molecular flexibility index (Phi) is 3.38. The largest absolute Gasteiger partial charge is 0.410 e. The van der Waals surface area contributed by atoms with E-state index in [1.165, 1.54) is 6.34 Å².